The smallest absolute Gasteiger partial charge is 0.128 e. The van der Waals surface area contributed by atoms with Gasteiger partial charge in [0.25, 0.3) is 0 Å². The molecule has 0 radical (unpaired) electrons. The highest BCUT2D eigenvalue weighted by Crippen LogP contribution is 2.30. The van der Waals surface area contributed by atoms with Gasteiger partial charge in [-0.3, -0.25) is 0 Å². The first kappa shape index (κ1) is 12.1. The molecule has 1 nitrogen and oxygen atoms in total. The van der Waals surface area contributed by atoms with Crippen LogP contribution < -0.4 is 0 Å². The topological polar surface area (TPSA) is 9.23 Å². The summed E-state index contributed by atoms with van der Waals surface area (Å²) in [4.78, 5) is 0. The van der Waals surface area contributed by atoms with Crippen molar-refractivity contribution in [3.05, 3.63) is 0 Å². The van der Waals surface area contributed by atoms with Gasteiger partial charge >= 0.3 is 0 Å². The zero-order valence-electron chi connectivity index (χ0n) is 8.94. The van der Waals surface area contributed by atoms with Gasteiger partial charge in [0.1, 0.15) is 5.60 Å². The van der Waals surface area contributed by atoms with Crippen LogP contribution in [0.3, 0.4) is 0 Å². The second kappa shape index (κ2) is 6.48. The Kier molecular flexibility index (Phi) is 5.59. The summed E-state index contributed by atoms with van der Waals surface area (Å²) < 4.78 is 5.57. The predicted octanol–water partition coefficient (Wildman–Crippen LogP) is 3.51. The molecule has 1 fully saturated rings. The van der Waals surface area contributed by atoms with Gasteiger partial charge in [0.2, 0.25) is 0 Å². The van der Waals surface area contributed by atoms with Crippen molar-refractivity contribution in [2.24, 2.45) is 0 Å². The summed E-state index contributed by atoms with van der Waals surface area (Å²) >= 11 is 3.41. The Balaban J connectivity index is 2.45. The van der Waals surface area contributed by atoms with E-state index in [4.69, 9.17) is 4.74 Å². The van der Waals surface area contributed by atoms with Gasteiger partial charge < -0.3 is 4.74 Å². The molecule has 0 amide bonds. The van der Waals surface area contributed by atoms with Crippen molar-refractivity contribution in [2.75, 3.05) is 12.4 Å². The lowest BCUT2D eigenvalue weighted by Crippen LogP contribution is -2.32. The van der Waals surface area contributed by atoms with E-state index in [1.807, 2.05) is 0 Å². The summed E-state index contributed by atoms with van der Waals surface area (Å²) in [5, 5.41) is 1.04. The number of halogens is 1. The molecule has 0 bridgehead atoms. The third-order valence-electron chi connectivity index (χ3n) is 2.80. The minimum absolute atomic E-state index is 0.107. The first-order valence-electron chi connectivity index (χ1n) is 5.44. The average molecular weight is 259 g/mol. The zero-order valence-corrected chi connectivity index (χ0v) is 10.5. The number of hydrogen-bond acceptors (Lipinski definition) is 1. The fourth-order valence-electron chi connectivity index (χ4n) is 1.88. The number of hydrogen-bond donors (Lipinski definition) is 0. The summed E-state index contributed by atoms with van der Waals surface area (Å²) in [6.45, 7) is 0. The zero-order chi connectivity index (χ0) is 10.3. The van der Waals surface area contributed by atoms with Gasteiger partial charge in [-0.2, -0.15) is 0 Å². The SMILES string of the molecule is COC1(C#CCCCBr)CCCCC1. The molecular formula is C12H19BrO. The van der Waals surface area contributed by atoms with E-state index in [2.05, 4.69) is 27.8 Å². The maximum absolute atomic E-state index is 5.57. The Hall–Kier alpha value is 0. The number of alkyl halides is 1. The van der Waals surface area contributed by atoms with Crippen molar-refractivity contribution >= 4 is 15.9 Å². The van der Waals surface area contributed by atoms with Gasteiger partial charge in [0, 0.05) is 18.9 Å². The second-order valence-electron chi connectivity index (χ2n) is 3.85. The Morgan fingerprint density at radius 3 is 2.57 bits per heavy atom. The summed E-state index contributed by atoms with van der Waals surface area (Å²) in [5.41, 5.74) is -0.107. The molecule has 1 rings (SSSR count). The van der Waals surface area contributed by atoms with Crippen LogP contribution in [0.25, 0.3) is 0 Å². The van der Waals surface area contributed by atoms with Gasteiger partial charge in [-0.05, 0) is 32.1 Å². The maximum atomic E-state index is 5.57. The normalized spacial score (nSPS) is 19.9. The van der Waals surface area contributed by atoms with E-state index in [0.29, 0.717) is 0 Å². The Morgan fingerprint density at radius 1 is 1.29 bits per heavy atom. The summed E-state index contributed by atoms with van der Waals surface area (Å²) in [7, 11) is 1.80. The lowest BCUT2D eigenvalue weighted by Gasteiger charge is -2.30. The van der Waals surface area contributed by atoms with Gasteiger partial charge in [-0.1, -0.05) is 28.3 Å². The highest BCUT2D eigenvalue weighted by atomic mass is 79.9. The van der Waals surface area contributed by atoms with Crippen molar-refractivity contribution in [3.63, 3.8) is 0 Å². The molecule has 1 aliphatic carbocycles. The number of rotatable bonds is 3. The van der Waals surface area contributed by atoms with E-state index in [0.717, 1.165) is 31.0 Å². The van der Waals surface area contributed by atoms with Gasteiger partial charge in [-0.25, -0.2) is 0 Å². The molecule has 0 unspecified atom stereocenters. The van der Waals surface area contributed by atoms with Crippen LogP contribution in [-0.2, 0) is 4.74 Å². The molecule has 80 valence electrons. The van der Waals surface area contributed by atoms with Crippen LogP contribution >= 0.6 is 15.9 Å². The molecular weight excluding hydrogens is 240 g/mol. The fourth-order valence-corrected chi connectivity index (χ4v) is 2.16. The van der Waals surface area contributed by atoms with Gasteiger partial charge in [-0.15, -0.1) is 5.92 Å². The van der Waals surface area contributed by atoms with Crippen LogP contribution in [0.15, 0.2) is 0 Å². The highest BCUT2D eigenvalue weighted by Gasteiger charge is 2.29. The molecule has 0 N–H and O–H groups in total. The van der Waals surface area contributed by atoms with E-state index >= 15 is 0 Å². The molecule has 1 saturated carbocycles. The molecule has 0 aromatic rings. The lowest BCUT2D eigenvalue weighted by molar-refractivity contribution is 0.0104. The lowest BCUT2D eigenvalue weighted by atomic mass is 9.85. The average Bonchev–Trinajstić information content (AvgIpc) is 2.26. The van der Waals surface area contributed by atoms with Crippen LogP contribution in [0.4, 0.5) is 0 Å². The molecule has 0 spiro atoms. The van der Waals surface area contributed by atoms with Crippen molar-refractivity contribution in [3.8, 4) is 11.8 Å². The first-order valence-corrected chi connectivity index (χ1v) is 6.56. The first-order chi connectivity index (χ1) is 6.83. The molecule has 0 aliphatic heterocycles. The Labute approximate surface area is 95.7 Å². The van der Waals surface area contributed by atoms with Crippen molar-refractivity contribution in [2.45, 2.75) is 50.5 Å². The number of unbranched alkanes of at least 4 members (excludes halogenated alkanes) is 1. The quantitative estimate of drug-likeness (QED) is 0.428. The van der Waals surface area contributed by atoms with Crippen molar-refractivity contribution in [1.29, 1.82) is 0 Å². The molecule has 1 aliphatic rings. The van der Waals surface area contributed by atoms with E-state index in [1.54, 1.807) is 7.11 Å². The summed E-state index contributed by atoms with van der Waals surface area (Å²) in [6.07, 6.45) is 8.22. The highest BCUT2D eigenvalue weighted by molar-refractivity contribution is 9.09. The minimum atomic E-state index is -0.107. The largest absolute Gasteiger partial charge is 0.366 e. The Morgan fingerprint density at radius 2 is 2.00 bits per heavy atom. The van der Waals surface area contributed by atoms with E-state index < -0.39 is 0 Å². The van der Waals surface area contributed by atoms with Crippen LogP contribution in [-0.4, -0.2) is 18.0 Å². The molecule has 0 atom stereocenters. The van der Waals surface area contributed by atoms with Crippen molar-refractivity contribution in [1.82, 2.24) is 0 Å². The summed E-state index contributed by atoms with van der Waals surface area (Å²) in [5.74, 6) is 6.57. The maximum Gasteiger partial charge on any atom is 0.128 e. The molecule has 14 heavy (non-hydrogen) atoms. The number of methoxy groups -OCH3 is 1. The second-order valence-corrected chi connectivity index (χ2v) is 4.65. The van der Waals surface area contributed by atoms with Gasteiger partial charge in [0.05, 0.1) is 0 Å². The Bertz CT molecular complexity index is 208. The van der Waals surface area contributed by atoms with E-state index in [9.17, 15) is 0 Å². The monoisotopic (exact) mass is 258 g/mol. The molecule has 0 aromatic heterocycles. The molecule has 2 heteroatoms. The predicted molar refractivity (Wildman–Crippen MR) is 63.6 cm³/mol. The van der Waals surface area contributed by atoms with Crippen LogP contribution in [0.5, 0.6) is 0 Å². The minimum Gasteiger partial charge on any atom is -0.366 e. The van der Waals surface area contributed by atoms with Crippen molar-refractivity contribution < 1.29 is 4.74 Å². The van der Waals surface area contributed by atoms with Crippen LogP contribution in [0.1, 0.15) is 44.9 Å². The summed E-state index contributed by atoms with van der Waals surface area (Å²) in [6, 6.07) is 0. The molecule has 0 heterocycles. The fraction of sp³-hybridized carbons (Fsp3) is 0.833. The third kappa shape index (κ3) is 3.63. The number of ether oxygens (including phenoxy) is 1. The molecule has 0 saturated heterocycles. The standard InChI is InChI=1S/C12H19BrO/c1-14-12(8-4-2-5-9-12)10-6-3-7-11-13/h2-5,7-9,11H2,1H3. The third-order valence-corrected chi connectivity index (χ3v) is 3.36. The molecule has 0 aromatic carbocycles. The van der Waals surface area contributed by atoms with E-state index in [-0.39, 0.29) is 5.60 Å². The van der Waals surface area contributed by atoms with Gasteiger partial charge in [0.15, 0.2) is 0 Å². The van der Waals surface area contributed by atoms with Crippen LogP contribution in [0, 0.1) is 11.8 Å². The van der Waals surface area contributed by atoms with Crippen LogP contribution in [0.2, 0.25) is 0 Å². The van der Waals surface area contributed by atoms with E-state index in [1.165, 1.54) is 19.3 Å².